The van der Waals surface area contributed by atoms with Crippen molar-refractivity contribution in [3.63, 3.8) is 0 Å². The smallest absolute Gasteiger partial charge is 0.224 e. The zero-order valence-electron chi connectivity index (χ0n) is 14.1. The van der Waals surface area contributed by atoms with Crippen LogP contribution in [0.3, 0.4) is 0 Å². The van der Waals surface area contributed by atoms with E-state index in [1.54, 1.807) is 18.2 Å². The quantitative estimate of drug-likeness (QED) is 0.807. The molecule has 1 heterocycles. The molecule has 1 saturated heterocycles. The predicted molar refractivity (Wildman–Crippen MR) is 103 cm³/mol. The molecule has 1 N–H and O–H groups in total. The Bertz CT molecular complexity index is 725. The van der Waals surface area contributed by atoms with Gasteiger partial charge in [-0.3, -0.25) is 9.69 Å². The number of likely N-dealkylation sites (tertiary alicyclic amines) is 1. The standard InChI is InChI=1S/C20H22Cl2N2O/c21-18-8-7-17(19(22)12-18)11-20(25)23-13-15-3-5-16(6-4-15)14-24-9-1-2-10-24/h3-8,12H,1-2,9-11,13-14H2,(H,23,25). The van der Waals surface area contributed by atoms with Gasteiger partial charge in [0.2, 0.25) is 5.91 Å². The van der Waals surface area contributed by atoms with Crippen molar-refractivity contribution in [2.75, 3.05) is 13.1 Å². The number of carbonyl (C=O) groups is 1. The van der Waals surface area contributed by atoms with Crippen LogP contribution in [0.15, 0.2) is 42.5 Å². The molecule has 0 atom stereocenters. The van der Waals surface area contributed by atoms with Crippen molar-refractivity contribution in [1.82, 2.24) is 10.2 Å². The summed E-state index contributed by atoms with van der Waals surface area (Å²) in [7, 11) is 0. The Balaban J connectivity index is 1.48. The first-order chi connectivity index (χ1) is 12.1. The van der Waals surface area contributed by atoms with Crippen LogP contribution in [-0.2, 0) is 24.3 Å². The van der Waals surface area contributed by atoms with Gasteiger partial charge in [0.15, 0.2) is 0 Å². The Labute approximate surface area is 158 Å². The molecule has 132 valence electrons. The summed E-state index contributed by atoms with van der Waals surface area (Å²) in [4.78, 5) is 14.6. The number of rotatable bonds is 6. The molecule has 1 aliphatic heterocycles. The van der Waals surface area contributed by atoms with Crippen molar-refractivity contribution in [1.29, 1.82) is 0 Å². The summed E-state index contributed by atoms with van der Waals surface area (Å²) in [6.07, 6.45) is 2.87. The maximum atomic E-state index is 12.1. The molecule has 25 heavy (non-hydrogen) atoms. The molecule has 5 heteroatoms. The fourth-order valence-electron chi connectivity index (χ4n) is 3.06. The highest BCUT2D eigenvalue weighted by molar-refractivity contribution is 6.35. The Morgan fingerprint density at radius 2 is 1.68 bits per heavy atom. The van der Waals surface area contributed by atoms with E-state index in [0.29, 0.717) is 16.6 Å². The van der Waals surface area contributed by atoms with Crippen LogP contribution in [0.5, 0.6) is 0 Å². The number of nitrogens with one attached hydrogen (secondary N) is 1. The molecular formula is C20H22Cl2N2O. The molecule has 1 amide bonds. The van der Waals surface area contributed by atoms with E-state index in [4.69, 9.17) is 23.2 Å². The van der Waals surface area contributed by atoms with Crippen molar-refractivity contribution in [2.45, 2.75) is 32.4 Å². The topological polar surface area (TPSA) is 32.3 Å². The van der Waals surface area contributed by atoms with E-state index >= 15 is 0 Å². The lowest BCUT2D eigenvalue weighted by molar-refractivity contribution is -0.120. The molecule has 0 aliphatic carbocycles. The average Bonchev–Trinajstić information content (AvgIpc) is 3.10. The molecule has 0 spiro atoms. The van der Waals surface area contributed by atoms with Crippen molar-refractivity contribution >= 4 is 29.1 Å². The largest absolute Gasteiger partial charge is 0.352 e. The van der Waals surface area contributed by atoms with Gasteiger partial charge < -0.3 is 5.32 Å². The van der Waals surface area contributed by atoms with Gasteiger partial charge in [-0.2, -0.15) is 0 Å². The maximum absolute atomic E-state index is 12.1. The number of hydrogen-bond donors (Lipinski definition) is 1. The minimum Gasteiger partial charge on any atom is -0.352 e. The summed E-state index contributed by atoms with van der Waals surface area (Å²) in [6, 6.07) is 13.7. The van der Waals surface area contributed by atoms with Crippen LogP contribution in [0.2, 0.25) is 10.0 Å². The molecule has 1 fully saturated rings. The zero-order chi connectivity index (χ0) is 17.6. The van der Waals surface area contributed by atoms with Gasteiger partial charge in [0.1, 0.15) is 0 Å². The van der Waals surface area contributed by atoms with Gasteiger partial charge in [-0.15, -0.1) is 0 Å². The summed E-state index contributed by atoms with van der Waals surface area (Å²) in [6.45, 7) is 3.94. The van der Waals surface area contributed by atoms with Crippen LogP contribution in [0, 0.1) is 0 Å². The molecule has 0 aromatic heterocycles. The zero-order valence-corrected chi connectivity index (χ0v) is 15.6. The first-order valence-electron chi connectivity index (χ1n) is 8.61. The van der Waals surface area contributed by atoms with E-state index in [9.17, 15) is 4.79 Å². The van der Waals surface area contributed by atoms with Crippen LogP contribution in [-0.4, -0.2) is 23.9 Å². The molecular weight excluding hydrogens is 355 g/mol. The highest BCUT2D eigenvalue weighted by Gasteiger charge is 2.11. The Morgan fingerprint density at radius 1 is 1.00 bits per heavy atom. The second-order valence-corrected chi connectivity index (χ2v) is 7.33. The highest BCUT2D eigenvalue weighted by Crippen LogP contribution is 2.21. The average molecular weight is 377 g/mol. The fourth-order valence-corrected chi connectivity index (χ4v) is 3.54. The van der Waals surface area contributed by atoms with Crippen LogP contribution < -0.4 is 5.32 Å². The predicted octanol–water partition coefficient (Wildman–Crippen LogP) is 4.45. The number of nitrogens with zero attached hydrogens (tertiary/aromatic N) is 1. The Morgan fingerprint density at radius 3 is 2.36 bits per heavy atom. The maximum Gasteiger partial charge on any atom is 0.224 e. The number of hydrogen-bond acceptors (Lipinski definition) is 2. The first-order valence-corrected chi connectivity index (χ1v) is 9.36. The van der Waals surface area contributed by atoms with Crippen molar-refractivity contribution < 1.29 is 4.79 Å². The number of halogens is 2. The van der Waals surface area contributed by atoms with Gasteiger partial charge in [0, 0.05) is 23.1 Å². The Kier molecular flexibility index (Phi) is 6.35. The molecule has 0 saturated carbocycles. The third-order valence-corrected chi connectivity index (χ3v) is 5.07. The molecule has 3 rings (SSSR count). The van der Waals surface area contributed by atoms with Gasteiger partial charge in [0.05, 0.1) is 6.42 Å². The first kappa shape index (κ1) is 18.2. The summed E-state index contributed by atoms with van der Waals surface area (Å²) in [5, 5.41) is 4.04. The second kappa shape index (κ2) is 8.70. The molecule has 0 unspecified atom stereocenters. The van der Waals surface area contributed by atoms with Crippen LogP contribution in [0.1, 0.15) is 29.5 Å². The SMILES string of the molecule is O=C(Cc1ccc(Cl)cc1Cl)NCc1ccc(CN2CCCC2)cc1. The van der Waals surface area contributed by atoms with E-state index in [1.807, 2.05) is 0 Å². The summed E-state index contributed by atoms with van der Waals surface area (Å²) in [5.41, 5.74) is 3.20. The van der Waals surface area contributed by atoms with Crippen LogP contribution in [0.4, 0.5) is 0 Å². The fraction of sp³-hybridized carbons (Fsp3) is 0.350. The van der Waals surface area contributed by atoms with E-state index < -0.39 is 0 Å². The van der Waals surface area contributed by atoms with Crippen molar-refractivity contribution in [3.8, 4) is 0 Å². The lowest BCUT2D eigenvalue weighted by Gasteiger charge is -2.14. The van der Waals surface area contributed by atoms with Gasteiger partial charge in [-0.05, 0) is 54.8 Å². The minimum absolute atomic E-state index is 0.0506. The van der Waals surface area contributed by atoms with E-state index in [-0.39, 0.29) is 12.3 Å². The van der Waals surface area contributed by atoms with E-state index in [0.717, 1.165) is 17.7 Å². The third kappa shape index (κ3) is 5.46. The van der Waals surface area contributed by atoms with Crippen LogP contribution >= 0.6 is 23.2 Å². The monoisotopic (exact) mass is 376 g/mol. The van der Waals surface area contributed by atoms with E-state index in [1.165, 1.54) is 31.5 Å². The number of carbonyl (C=O) groups excluding carboxylic acids is 1. The summed E-state index contributed by atoms with van der Waals surface area (Å²) in [5.74, 6) is -0.0506. The molecule has 0 radical (unpaired) electrons. The van der Waals surface area contributed by atoms with E-state index in [2.05, 4.69) is 34.5 Å². The van der Waals surface area contributed by atoms with Crippen molar-refractivity contribution in [2.24, 2.45) is 0 Å². The second-order valence-electron chi connectivity index (χ2n) is 6.49. The lowest BCUT2D eigenvalue weighted by atomic mass is 10.1. The minimum atomic E-state index is -0.0506. The molecule has 1 aliphatic rings. The number of benzene rings is 2. The lowest BCUT2D eigenvalue weighted by Crippen LogP contribution is -2.24. The third-order valence-electron chi connectivity index (χ3n) is 4.48. The molecule has 3 nitrogen and oxygen atoms in total. The van der Waals surface area contributed by atoms with Crippen LogP contribution in [0.25, 0.3) is 0 Å². The molecule has 0 bridgehead atoms. The van der Waals surface area contributed by atoms with Gasteiger partial charge in [-0.25, -0.2) is 0 Å². The van der Waals surface area contributed by atoms with Gasteiger partial charge in [-0.1, -0.05) is 53.5 Å². The molecule has 2 aromatic carbocycles. The van der Waals surface area contributed by atoms with Gasteiger partial charge in [0.25, 0.3) is 0 Å². The molecule has 2 aromatic rings. The Hall–Kier alpha value is -1.55. The highest BCUT2D eigenvalue weighted by atomic mass is 35.5. The van der Waals surface area contributed by atoms with Gasteiger partial charge >= 0.3 is 0 Å². The normalized spacial score (nSPS) is 14.6. The summed E-state index contributed by atoms with van der Waals surface area (Å²) < 4.78 is 0. The number of amides is 1. The van der Waals surface area contributed by atoms with Crippen molar-refractivity contribution in [3.05, 3.63) is 69.2 Å². The summed E-state index contributed by atoms with van der Waals surface area (Å²) >= 11 is 12.0.